The molecule has 0 unspecified atom stereocenters. The monoisotopic (exact) mass is 540 g/mol. The Morgan fingerprint density at radius 3 is 2.27 bits per heavy atom. The molecule has 1 amide bonds. The lowest BCUT2D eigenvalue weighted by Gasteiger charge is -2.31. The van der Waals surface area contributed by atoms with Gasteiger partial charge >= 0.3 is 0 Å². The Morgan fingerprint density at radius 2 is 1.60 bits per heavy atom. The number of aryl methyl sites for hydroxylation is 1. The molecule has 0 saturated heterocycles. The highest BCUT2D eigenvalue weighted by Gasteiger charge is 2.29. The second-order valence-corrected chi connectivity index (χ2v) is 10.7. The summed E-state index contributed by atoms with van der Waals surface area (Å²) in [7, 11) is 3.22. The van der Waals surface area contributed by atoms with E-state index in [1.807, 2.05) is 57.6 Å². The number of halogens is 1. The average molecular weight is 541 g/mol. The van der Waals surface area contributed by atoms with Crippen molar-refractivity contribution >= 4 is 5.91 Å². The number of hydrogen-bond acceptors (Lipinski definition) is 4. The summed E-state index contributed by atoms with van der Waals surface area (Å²) in [6.45, 7) is 3.36. The number of benzene rings is 3. The highest BCUT2D eigenvalue weighted by molar-refractivity contribution is 5.99. The Labute approximate surface area is 232 Å². The van der Waals surface area contributed by atoms with E-state index < -0.39 is 0 Å². The number of nitrogens with one attached hydrogen (secondary N) is 1. The molecule has 1 N–H and O–H groups in total. The number of fused-ring (bicyclic) bond motifs is 1. The van der Waals surface area contributed by atoms with E-state index in [0.29, 0.717) is 54.8 Å². The van der Waals surface area contributed by atoms with Crippen molar-refractivity contribution in [2.45, 2.75) is 45.3 Å². The van der Waals surface area contributed by atoms with Crippen molar-refractivity contribution in [3.63, 3.8) is 0 Å². The number of carbonyl (C=O) groups excluding carboxylic acids is 1. The Morgan fingerprint density at radius 1 is 0.900 bits per heavy atom. The summed E-state index contributed by atoms with van der Waals surface area (Å²) in [6, 6.07) is 15.0. The second kappa shape index (κ2) is 10.3. The highest BCUT2D eigenvalue weighted by Crippen LogP contribution is 2.36. The van der Waals surface area contributed by atoms with Crippen LogP contribution in [-0.4, -0.2) is 40.7 Å². The zero-order valence-electron chi connectivity index (χ0n) is 23.0. The largest absolute Gasteiger partial charge is 0.497 e. The number of methoxy groups -OCH3 is 2. The zero-order chi connectivity index (χ0) is 28.0. The first-order chi connectivity index (χ1) is 19.3. The standard InChI is InChI=1S/C32H33FN4O3/c1-20-12-23(33)4-7-27(20)29-15-22(19-36-10-11-37(32(36)34)24-5-6-24)16-30-28(29)8-9-35(31(30)38)18-21-13-25(39-2)17-26(14-21)40-3/h4,7,10-17,24,34H,5-6,8-9,18-19H2,1-3H3. The van der Waals surface area contributed by atoms with Crippen LogP contribution in [0.2, 0.25) is 0 Å². The Kier molecular flexibility index (Phi) is 6.70. The van der Waals surface area contributed by atoms with Crippen molar-refractivity contribution in [1.29, 1.82) is 5.41 Å². The number of aromatic nitrogens is 2. The summed E-state index contributed by atoms with van der Waals surface area (Å²) >= 11 is 0. The third kappa shape index (κ3) is 4.90. The van der Waals surface area contributed by atoms with Crippen LogP contribution in [0.3, 0.4) is 0 Å². The van der Waals surface area contributed by atoms with Gasteiger partial charge in [0.1, 0.15) is 17.3 Å². The number of hydrogen-bond donors (Lipinski definition) is 1. The van der Waals surface area contributed by atoms with E-state index in [2.05, 4.69) is 6.07 Å². The van der Waals surface area contributed by atoms with Crippen LogP contribution in [0.4, 0.5) is 4.39 Å². The first-order valence-corrected chi connectivity index (χ1v) is 13.6. The topological polar surface area (TPSA) is 72.5 Å². The van der Waals surface area contributed by atoms with E-state index >= 15 is 0 Å². The summed E-state index contributed by atoms with van der Waals surface area (Å²) in [5.74, 6) is 1.03. The smallest absolute Gasteiger partial charge is 0.254 e. The van der Waals surface area contributed by atoms with E-state index in [4.69, 9.17) is 14.9 Å². The van der Waals surface area contributed by atoms with Gasteiger partial charge in [0.15, 0.2) is 0 Å². The van der Waals surface area contributed by atoms with Gasteiger partial charge in [0, 0.05) is 43.2 Å². The Balaban J connectivity index is 1.39. The summed E-state index contributed by atoms with van der Waals surface area (Å²) in [6.07, 6.45) is 6.81. The molecule has 40 heavy (non-hydrogen) atoms. The number of imidazole rings is 1. The van der Waals surface area contributed by atoms with Gasteiger partial charge in [-0.3, -0.25) is 10.2 Å². The Hall–Kier alpha value is -4.33. The summed E-state index contributed by atoms with van der Waals surface area (Å²) in [5, 5.41) is 8.66. The van der Waals surface area contributed by atoms with Gasteiger partial charge in [-0.1, -0.05) is 6.07 Å². The maximum atomic E-state index is 14.0. The number of ether oxygens (including phenoxy) is 2. The van der Waals surface area contributed by atoms with Gasteiger partial charge < -0.3 is 23.5 Å². The minimum atomic E-state index is -0.280. The third-order valence-corrected chi connectivity index (χ3v) is 7.94. The number of carbonyl (C=O) groups is 1. The van der Waals surface area contributed by atoms with Crippen molar-refractivity contribution in [2.24, 2.45) is 0 Å². The van der Waals surface area contributed by atoms with Gasteiger partial charge in [-0.25, -0.2) is 4.39 Å². The van der Waals surface area contributed by atoms with Crippen LogP contribution < -0.4 is 15.1 Å². The average Bonchev–Trinajstić information content (AvgIpc) is 3.73. The minimum absolute atomic E-state index is 0.0439. The molecule has 3 aromatic carbocycles. The van der Waals surface area contributed by atoms with Gasteiger partial charge in [-0.15, -0.1) is 0 Å². The molecule has 0 bridgehead atoms. The fourth-order valence-electron chi connectivity index (χ4n) is 5.71. The molecule has 1 aromatic heterocycles. The fraction of sp³-hybridized carbons (Fsp3) is 0.312. The van der Waals surface area contributed by atoms with Crippen LogP contribution in [-0.2, 0) is 19.5 Å². The van der Waals surface area contributed by atoms with Gasteiger partial charge in [-0.2, -0.15) is 0 Å². The lowest BCUT2D eigenvalue weighted by atomic mass is 9.86. The molecule has 6 rings (SSSR count). The molecular formula is C32H33FN4O3. The summed E-state index contributed by atoms with van der Waals surface area (Å²) in [5.41, 5.74) is 6.66. The van der Waals surface area contributed by atoms with Gasteiger partial charge in [0.05, 0.1) is 20.8 Å². The number of amides is 1. The maximum Gasteiger partial charge on any atom is 0.254 e. The van der Waals surface area contributed by atoms with Crippen molar-refractivity contribution in [1.82, 2.24) is 14.0 Å². The van der Waals surface area contributed by atoms with Crippen molar-refractivity contribution < 1.29 is 18.7 Å². The predicted octanol–water partition coefficient (Wildman–Crippen LogP) is 5.48. The molecule has 0 atom stereocenters. The zero-order valence-corrected chi connectivity index (χ0v) is 23.0. The molecular weight excluding hydrogens is 507 g/mol. The lowest BCUT2D eigenvalue weighted by Crippen LogP contribution is -2.37. The maximum absolute atomic E-state index is 14.0. The Bertz CT molecular complexity index is 1650. The van der Waals surface area contributed by atoms with E-state index in [9.17, 15) is 9.18 Å². The molecule has 7 nitrogen and oxygen atoms in total. The molecule has 4 aromatic rings. The summed E-state index contributed by atoms with van der Waals surface area (Å²) < 4.78 is 28.8. The third-order valence-electron chi connectivity index (χ3n) is 7.94. The fourth-order valence-corrected chi connectivity index (χ4v) is 5.71. The van der Waals surface area contributed by atoms with Crippen molar-refractivity contribution in [3.8, 4) is 22.6 Å². The number of nitrogens with zero attached hydrogens (tertiary/aromatic N) is 3. The molecule has 8 heteroatoms. The molecule has 0 spiro atoms. The van der Waals surface area contributed by atoms with Crippen LogP contribution in [0, 0.1) is 18.2 Å². The molecule has 1 saturated carbocycles. The van der Waals surface area contributed by atoms with E-state index in [-0.39, 0.29) is 11.7 Å². The van der Waals surface area contributed by atoms with E-state index in [1.54, 1.807) is 20.3 Å². The highest BCUT2D eigenvalue weighted by atomic mass is 19.1. The van der Waals surface area contributed by atoms with Crippen molar-refractivity contribution in [3.05, 3.63) is 100 Å². The van der Waals surface area contributed by atoms with Gasteiger partial charge in [0.2, 0.25) is 5.62 Å². The molecule has 2 heterocycles. The molecule has 1 fully saturated rings. The van der Waals surface area contributed by atoms with Crippen LogP contribution in [0.1, 0.15) is 51.5 Å². The van der Waals surface area contributed by atoms with Crippen LogP contribution in [0.5, 0.6) is 11.5 Å². The van der Waals surface area contributed by atoms with Gasteiger partial charge in [-0.05, 0) is 96.0 Å². The second-order valence-electron chi connectivity index (χ2n) is 10.7. The van der Waals surface area contributed by atoms with Gasteiger partial charge in [0.25, 0.3) is 5.91 Å². The number of rotatable bonds is 8. The van der Waals surface area contributed by atoms with Crippen LogP contribution in [0.15, 0.2) is 60.9 Å². The normalized spacial score (nSPS) is 14.8. The quantitative estimate of drug-likeness (QED) is 0.322. The molecule has 2 aliphatic rings. The molecule has 1 aliphatic heterocycles. The first kappa shape index (κ1) is 25.9. The SMILES string of the molecule is COc1cc(CN2CCc3c(cc(Cn4ccn(C5CC5)c4=N)cc3-c3ccc(F)cc3C)C2=O)cc(OC)c1. The molecule has 1 aliphatic carbocycles. The van der Waals surface area contributed by atoms with Crippen molar-refractivity contribution in [2.75, 3.05) is 20.8 Å². The molecule has 206 valence electrons. The first-order valence-electron chi connectivity index (χ1n) is 13.6. The lowest BCUT2D eigenvalue weighted by molar-refractivity contribution is 0.0726. The molecule has 0 radical (unpaired) electrons. The van der Waals surface area contributed by atoms with E-state index in [0.717, 1.165) is 46.2 Å². The van der Waals surface area contributed by atoms with Crippen LogP contribution >= 0.6 is 0 Å². The predicted molar refractivity (Wildman–Crippen MR) is 150 cm³/mol. The van der Waals surface area contributed by atoms with E-state index in [1.165, 1.54) is 12.1 Å². The van der Waals surface area contributed by atoms with Crippen LogP contribution in [0.25, 0.3) is 11.1 Å². The summed E-state index contributed by atoms with van der Waals surface area (Å²) in [4.78, 5) is 15.8. The minimum Gasteiger partial charge on any atom is -0.497 e.